The third-order valence-electron chi connectivity index (χ3n) is 3.69. The van der Waals surface area contributed by atoms with E-state index in [4.69, 9.17) is 5.73 Å². The van der Waals surface area contributed by atoms with E-state index in [-0.39, 0.29) is 31.0 Å². The fraction of sp³-hybridized carbons (Fsp3) is 0.176. The molecule has 0 atom stereocenters. The van der Waals surface area contributed by atoms with Crippen LogP contribution in [0.25, 0.3) is 22.2 Å². The number of allylic oxidation sites excluding steroid dienone is 1. The minimum Gasteiger partial charge on any atom is -0.327 e. The zero-order chi connectivity index (χ0) is 18.0. The molecule has 0 aliphatic carbocycles. The van der Waals surface area contributed by atoms with E-state index < -0.39 is 17.6 Å². The molecule has 26 heavy (non-hydrogen) atoms. The lowest BCUT2D eigenvalue weighted by molar-refractivity contribution is -0.137. The van der Waals surface area contributed by atoms with Gasteiger partial charge in [0.15, 0.2) is 0 Å². The molecule has 138 valence electrons. The summed E-state index contributed by atoms with van der Waals surface area (Å²) in [5, 5.41) is 0. The number of halogens is 5. The van der Waals surface area contributed by atoms with Crippen LogP contribution in [0.5, 0.6) is 0 Å². The molecule has 0 fully saturated rings. The second-order valence-electron chi connectivity index (χ2n) is 5.39. The number of nitrogens with two attached hydrogens (primary N) is 1. The molecule has 3 rings (SSSR count). The standard InChI is InChI=1S/C17H14F4N4.ClH/c18-13(3-4-22)9-25-10-24-16-14(11-2-1-5-23-8-11)6-12(7-15(16)25)17(19,20)21;/h1-3,5-8,10H,4,9,22H2;1H/b13-3-;. The Hall–Kier alpha value is -2.45. The van der Waals surface area contributed by atoms with Gasteiger partial charge in [-0.3, -0.25) is 4.98 Å². The fourth-order valence-corrected chi connectivity index (χ4v) is 2.55. The van der Waals surface area contributed by atoms with Crippen molar-refractivity contribution in [1.82, 2.24) is 14.5 Å². The van der Waals surface area contributed by atoms with E-state index in [2.05, 4.69) is 9.97 Å². The molecule has 1 aromatic carbocycles. The van der Waals surface area contributed by atoms with E-state index >= 15 is 0 Å². The van der Waals surface area contributed by atoms with Gasteiger partial charge >= 0.3 is 6.18 Å². The van der Waals surface area contributed by atoms with Crippen LogP contribution >= 0.6 is 12.4 Å². The van der Waals surface area contributed by atoms with Crippen LogP contribution in [-0.4, -0.2) is 21.1 Å². The predicted molar refractivity (Wildman–Crippen MR) is 93.5 cm³/mol. The van der Waals surface area contributed by atoms with Crippen molar-refractivity contribution >= 4 is 23.4 Å². The van der Waals surface area contributed by atoms with Crippen molar-refractivity contribution in [2.45, 2.75) is 12.7 Å². The second kappa shape index (κ2) is 7.84. The van der Waals surface area contributed by atoms with Crippen LogP contribution in [0.15, 0.2) is 54.9 Å². The Morgan fingerprint density at radius 1 is 1.27 bits per heavy atom. The number of hydrogen-bond donors (Lipinski definition) is 1. The molecule has 0 unspecified atom stereocenters. The first kappa shape index (κ1) is 19.9. The topological polar surface area (TPSA) is 56.7 Å². The van der Waals surface area contributed by atoms with E-state index in [1.165, 1.54) is 29.4 Å². The molecule has 0 saturated heterocycles. The molecule has 3 aromatic rings. The van der Waals surface area contributed by atoms with Gasteiger partial charge in [0.25, 0.3) is 0 Å². The van der Waals surface area contributed by atoms with E-state index in [0.29, 0.717) is 16.6 Å². The number of imidazole rings is 1. The van der Waals surface area contributed by atoms with Crippen LogP contribution in [0.2, 0.25) is 0 Å². The summed E-state index contributed by atoms with van der Waals surface area (Å²) in [6, 6.07) is 5.28. The molecule has 2 N–H and O–H groups in total. The number of hydrogen-bond acceptors (Lipinski definition) is 3. The van der Waals surface area contributed by atoms with Gasteiger partial charge in [-0.25, -0.2) is 9.37 Å². The zero-order valence-corrected chi connectivity index (χ0v) is 14.2. The van der Waals surface area contributed by atoms with Crippen molar-refractivity contribution in [1.29, 1.82) is 0 Å². The zero-order valence-electron chi connectivity index (χ0n) is 13.4. The Morgan fingerprint density at radius 3 is 2.65 bits per heavy atom. The number of rotatable bonds is 4. The third-order valence-corrected chi connectivity index (χ3v) is 3.69. The smallest absolute Gasteiger partial charge is 0.327 e. The molecule has 0 aliphatic heterocycles. The third kappa shape index (κ3) is 4.03. The Morgan fingerprint density at radius 2 is 2.04 bits per heavy atom. The largest absolute Gasteiger partial charge is 0.416 e. The summed E-state index contributed by atoms with van der Waals surface area (Å²) in [5.74, 6) is -0.540. The molecule has 2 aromatic heterocycles. The van der Waals surface area contributed by atoms with Gasteiger partial charge in [-0.1, -0.05) is 6.07 Å². The Balaban J connectivity index is 0.00000243. The van der Waals surface area contributed by atoms with Gasteiger partial charge in [-0.05, 0) is 24.3 Å². The van der Waals surface area contributed by atoms with Gasteiger partial charge < -0.3 is 10.3 Å². The Bertz CT molecular complexity index is 920. The maximum absolute atomic E-state index is 13.8. The molecule has 0 amide bonds. The van der Waals surface area contributed by atoms with Crippen LogP contribution in [0.1, 0.15) is 5.56 Å². The van der Waals surface area contributed by atoms with Crippen molar-refractivity contribution in [2.24, 2.45) is 5.73 Å². The summed E-state index contributed by atoms with van der Waals surface area (Å²) in [4.78, 5) is 8.11. The molecule has 0 spiro atoms. The predicted octanol–water partition coefficient (Wildman–Crippen LogP) is 4.35. The maximum Gasteiger partial charge on any atom is 0.416 e. The van der Waals surface area contributed by atoms with Gasteiger partial charge in [0.1, 0.15) is 5.83 Å². The number of fused-ring (bicyclic) bond motifs is 1. The van der Waals surface area contributed by atoms with Crippen molar-refractivity contribution in [3.05, 3.63) is 60.5 Å². The lowest BCUT2D eigenvalue weighted by Gasteiger charge is -2.11. The highest BCUT2D eigenvalue weighted by molar-refractivity contribution is 5.92. The van der Waals surface area contributed by atoms with Gasteiger partial charge in [-0.2, -0.15) is 13.2 Å². The van der Waals surface area contributed by atoms with Gasteiger partial charge in [-0.15, -0.1) is 12.4 Å². The van der Waals surface area contributed by atoms with Gasteiger partial charge in [0, 0.05) is 30.1 Å². The Labute approximate surface area is 152 Å². The van der Waals surface area contributed by atoms with Crippen molar-refractivity contribution in [2.75, 3.05) is 6.54 Å². The van der Waals surface area contributed by atoms with E-state index in [0.717, 1.165) is 12.1 Å². The van der Waals surface area contributed by atoms with Crippen LogP contribution < -0.4 is 5.73 Å². The first-order chi connectivity index (χ1) is 11.9. The maximum atomic E-state index is 13.8. The SMILES string of the molecule is Cl.NC/C=C(\F)Cn1cnc2c(-c3cccnc3)cc(C(F)(F)F)cc21. The van der Waals surface area contributed by atoms with Crippen molar-refractivity contribution in [3.63, 3.8) is 0 Å². The first-order valence-corrected chi connectivity index (χ1v) is 7.41. The summed E-state index contributed by atoms with van der Waals surface area (Å²) < 4.78 is 54.9. The summed E-state index contributed by atoms with van der Waals surface area (Å²) in [6.45, 7) is -0.227. The van der Waals surface area contributed by atoms with Crippen LogP contribution in [-0.2, 0) is 12.7 Å². The number of aromatic nitrogens is 3. The molecule has 4 nitrogen and oxygen atoms in total. The monoisotopic (exact) mass is 386 g/mol. The van der Waals surface area contributed by atoms with Gasteiger partial charge in [0.05, 0.1) is 29.5 Å². The molecule has 9 heteroatoms. The van der Waals surface area contributed by atoms with Crippen LogP contribution in [0, 0.1) is 0 Å². The average Bonchev–Trinajstić information content (AvgIpc) is 2.97. The summed E-state index contributed by atoms with van der Waals surface area (Å²) in [6.07, 6.45) is 0.935. The first-order valence-electron chi connectivity index (χ1n) is 7.41. The van der Waals surface area contributed by atoms with Crippen LogP contribution in [0.3, 0.4) is 0 Å². The lowest BCUT2D eigenvalue weighted by Crippen LogP contribution is -2.06. The number of benzene rings is 1. The molecule has 2 heterocycles. The number of pyridine rings is 1. The molecule has 0 aliphatic rings. The lowest BCUT2D eigenvalue weighted by atomic mass is 10.0. The highest BCUT2D eigenvalue weighted by Crippen LogP contribution is 2.36. The van der Waals surface area contributed by atoms with E-state index in [9.17, 15) is 17.6 Å². The number of alkyl halides is 3. The van der Waals surface area contributed by atoms with Gasteiger partial charge in [0.2, 0.25) is 0 Å². The molecule has 0 bridgehead atoms. The minimum atomic E-state index is -4.54. The summed E-state index contributed by atoms with van der Waals surface area (Å²) in [7, 11) is 0. The minimum absolute atomic E-state index is 0. The summed E-state index contributed by atoms with van der Waals surface area (Å²) in [5.41, 5.74) is 5.76. The number of nitrogens with zero attached hydrogens (tertiary/aromatic N) is 3. The van der Waals surface area contributed by atoms with E-state index in [1.54, 1.807) is 12.1 Å². The van der Waals surface area contributed by atoms with Crippen molar-refractivity contribution < 1.29 is 17.6 Å². The van der Waals surface area contributed by atoms with Crippen molar-refractivity contribution in [3.8, 4) is 11.1 Å². The van der Waals surface area contributed by atoms with Crippen LogP contribution in [0.4, 0.5) is 17.6 Å². The molecular weight excluding hydrogens is 372 g/mol. The highest BCUT2D eigenvalue weighted by atomic mass is 35.5. The average molecular weight is 387 g/mol. The summed E-state index contributed by atoms with van der Waals surface area (Å²) >= 11 is 0. The normalized spacial score (nSPS) is 12.3. The fourth-order valence-electron chi connectivity index (χ4n) is 2.55. The second-order valence-corrected chi connectivity index (χ2v) is 5.39. The highest BCUT2D eigenvalue weighted by Gasteiger charge is 2.32. The molecule has 0 radical (unpaired) electrons. The quantitative estimate of drug-likeness (QED) is 0.678. The van der Waals surface area contributed by atoms with E-state index in [1.807, 2.05) is 0 Å². The Kier molecular flexibility index (Phi) is 5.99. The molecular formula is C17H15ClF4N4. The molecule has 0 saturated carbocycles.